The van der Waals surface area contributed by atoms with Crippen LogP contribution in [0.5, 0.6) is 0 Å². The van der Waals surface area contributed by atoms with Gasteiger partial charge in [-0.05, 0) is 107 Å². The van der Waals surface area contributed by atoms with Crippen molar-refractivity contribution in [1.29, 1.82) is 0 Å². The van der Waals surface area contributed by atoms with Crippen LogP contribution in [-0.2, 0) is 0 Å². The van der Waals surface area contributed by atoms with Crippen molar-refractivity contribution in [3.8, 4) is 39.3 Å². The summed E-state index contributed by atoms with van der Waals surface area (Å²) in [5.41, 5.74) is 15.5. The average molecular weight is 776 g/mol. The van der Waals surface area contributed by atoms with E-state index in [1.165, 1.54) is 104 Å². The summed E-state index contributed by atoms with van der Waals surface area (Å²) in [7, 11) is 0. The van der Waals surface area contributed by atoms with E-state index in [2.05, 4.69) is 238 Å². The van der Waals surface area contributed by atoms with Crippen molar-refractivity contribution in [2.45, 2.75) is 0 Å². The Morgan fingerprint density at radius 2 is 0.689 bits per heavy atom. The largest absolute Gasteiger partial charge is 0.309 e. The van der Waals surface area contributed by atoms with Crippen molar-refractivity contribution in [2.24, 2.45) is 0 Å². The van der Waals surface area contributed by atoms with Gasteiger partial charge in [0.1, 0.15) is 0 Å². The van der Waals surface area contributed by atoms with E-state index in [1.807, 2.05) is 0 Å². The maximum atomic E-state index is 2.49. The fourth-order valence-corrected chi connectivity index (χ4v) is 10.1. The summed E-state index contributed by atoms with van der Waals surface area (Å²) in [6.07, 6.45) is 0. The summed E-state index contributed by atoms with van der Waals surface area (Å²) in [5, 5.41) is 9.98. The molecule has 3 heterocycles. The van der Waals surface area contributed by atoms with Crippen LogP contribution in [-0.4, -0.2) is 13.7 Å². The Hall–Kier alpha value is -8.14. The molecular formula is C58H37N3. The SMILES string of the molecule is c1ccc(-c2ccc(-n3c4ccccc4c4cc(-c5ccc6c(c5)c5c7c8ccccc8n(-c8ccccc8)c7ccc5n6-c5cccc6ccccc56)ccc43)cc2)cc1. The van der Waals surface area contributed by atoms with Gasteiger partial charge in [0.2, 0.25) is 0 Å². The van der Waals surface area contributed by atoms with Crippen LogP contribution in [0.15, 0.2) is 224 Å². The predicted molar refractivity (Wildman–Crippen MR) is 258 cm³/mol. The van der Waals surface area contributed by atoms with E-state index in [9.17, 15) is 0 Å². The van der Waals surface area contributed by atoms with E-state index in [0.717, 1.165) is 11.4 Å². The molecule has 0 amide bonds. The van der Waals surface area contributed by atoms with Crippen LogP contribution >= 0.6 is 0 Å². The molecule has 0 bridgehead atoms. The van der Waals surface area contributed by atoms with Crippen LogP contribution < -0.4 is 0 Å². The van der Waals surface area contributed by atoms with Crippen molar-refractivity contribution in [1.82, 2.24) is 13.7 Å². The van der Waals surface area contributed by atoms with E-state index >= 15 is 0 Å². The zero-order valence-corrected chi connectivity index (χ0v) is 33.2. The fourth-order valence-electron chi connectivity index (χ4n) is 10.1. The summed E-state index contributed by atoms with van der Waals surface area (Å²) in [4.78, 5) is 0. The zero-order valence-electron chi connectivity index (χ0n) is 33.2. The highest BCUT2D eigenvalue weighted by Crippen LogP contribution is 2.45. The number of benzene rings is 10. The van der Waals surface area contributed by atoms with Crippen LogP contribution in [0.2, 0.25) is 0 Å². The molecule has 0 saturated carbocycles. The molecule has 13 aromatic rings. The van der Waals surface area contributed by atoms with Crippen molar-refractivity contribution < 1.29 is 0 Å². The lowest BCUT2D eigenvalue weighted by molar-refractivity contribution is 1.18. The molecule has 61 heavy (non-hydrogen) atoms. The minimum Gasteiger partial charge on any atom is -0.309 e. The van der Waals surface area contributed by atoms with E-state index in [-0.39, 0.29) is 0 Å². The number of hydrogen-bond acceptors (Lipinski definition) is 0. The normalized spacial score (nSPS) is 11.9. The van der Waals surface area contributed by atoms with E-state index < -0.39 is 0 Å². The second-order valence-electron chi connectivity index (χ2n) is 16.1. The second-order valence-corrected chi connectivity index (χ2v) is 16.1. The van der Waals surface area contributed by atoms with Crippen molar-refractivity contribution >= 4 is 76.2 Å². The molecule has 3 heteroatoms. The molecule has 10 aromatic carbocycles. The highest BCUT2D eigenvalue weighted by molar-refractivity contribution is 6.29. The number of para-hydroxylation sites is 3. The van der Waals surface area contributed by atoms with Gasteiger partial charge in [0, 0.05) is 49.1 Å². The molecule has 0 aliphatic heterocycles. The Kier molecular flexibility index (Phi) is 7.31. The average Bonchev–Trinajstić information content (AvgIpc) is 3.97. The summed E-state index contributed by atoms with van der Waals surface area (Å²) >= 11 is 0. The van der Waals surface area contributed by atoms with Crippen molar-refractivity contribution in [3.05, 3.63) is 224 Å². The van der Waals surface area contributed by atoms with Crippen LogP contribution in [0, 0.1) is 0 Å². The predicted octanol–water partition coefficient (Wildman–Crippen LogP) is 15.5. The minimum atomic E-state index is 1.15. The van der Waals surface area contributed by atoms with Crippen LogP contribution in [0.25, 0.3) is 116 Å². The second kappa shape index (κ2) is 13.2. The Balaban J connectivity index is 1.06. The first-order valence-electron chi connectivity index (χ1n) is 21.0. The molecule has 0 atom stereocenters. The van der Waals surface area contributed by atoms with Gasteiger partial charge >= 0.3 is 0 Å². The van der Waals surface area contributed by atoms with Crippen LogP contribution in [0.4, 0.5) is 0 Å². The van der Waals surface area contributed by atoms with Gasteiger partial charge in [-0.25, -0.2) is 0 Å². The van der Waals surface area contributed by atoms with Gasteiger partial charge in [-0.1, -0.05) is 146 Å². The monoisotopic (exact) mass is 775 g/mol. The van der Waals surface area contributed by atoms with Gasteiger partial charge < -0.3 is 13.7 Å². The molecule has 0 aliphatic carbocycles. The Morgan fingerprint density at radius 3 is 1.44 bits per heavy atom. The lowest BCUT2D eigenvalue weighted by Gasteiger charge is -2.12. The van der Waals surface area contributed by atoms with Gasteiger partial charge in [0.15, 0.2) is 0 Å². The topological polar surface area (TPSA) is 14.8 Å². The summed E-state index contributed by atoms with van der Waals surface area (Å²) < 4.78 is 7.32. The Labute approximate surface area is 352 Å². The van der Waals surface area contributed by atoms with E-state index in [0.29, 0.717) is 0 Å². The number of aromatic nitrogens is 3. The molecule has 3 aromatic heterocycles. The molecule has 3 nitrogen and oxygen atoms in total. The first kappa shape index (κ1) is 33.8. The minimum absolute atomic E-state index is 1.15. The molecule has 284 valence electrons. The maximum absolute atomic E-state index is 2.49. The van der Waals surface area contributed by atoms with Gasteiger partial charge in [-0.3, -0.25) is 0 Å². The van der Waals surface area contributed by atoms with Gasteiger partial charge in [-0.15, -0.1) is 0 Å². The summed E-state index contributed by atoms with van der Waals surface area (Å²) in [5.74, 6) is 0. The molecule has 0 saturated heterocycles. The number of rotatable bonds is 5. The fraction of sp³-hybridized carbons (Fsp3) is 0. The molecule has 0 N–H and O–H groups in total. The molecule has 0 radical (unpaired) electrons. The van der Waals surface area contributed by atoms with E-state index in [1.54, 1.807) is 0 Å². The highest BCUT2D eigenvalue weighted by atomic mass is 15.0. The zero-order chi connectivity index (χ0) is 40.0. The molecule has 0 fully saturated rings. The van der Waals surface area contributed by atoms with Gasteiger partial charge in [-0.2, -0.15) is 0 Å². The molecule has 13 rings (SSSR count). The molecular weight excluding hydrogens is 739 g/mol. The third-order valence-electron chi connectivity index (χ3n) is 12.8. The first-order chi connectivity index (χ1) is 30.3. The number of nitrogens with zero attached hydrogens (tertiary/aromatic N) is 3. The molecule has 0 aliphatic rings. The third kappa shape index (κ3) is 5.04. The third-order valence-corrected chi connectivity index (χ3v) is 12.8. The maximum Gasteiger partial charge on any atom is 0.0549 e. The van der Waals surface area contributed by atoms with Crippen molar-refractivity contribution in [2.75, 3.05) is 0 Å². The smallest absolute Gasteiger partial charge is 0.0549 e. The molecule has 0 unspecified atom stereocenters. The van der Waals surface area contributed by atoms with Gasteiger partial charge in [0.25, 0.3) is 0 Å². The summed E-state index contributed by atoms with van der Waals surface area (Å²) in [6.45, 7) is 0. The molecule has 0 spiro atoms. The van der Waals surface area contributed by atoms with Crippen LogP contribution in [0.1, 0.15) is 0 Å². The Morgan fingerprint density at radius 1 is 0.230 bits per heavy atom. The van der Waals surface area contributed by atoms with Gasteiger partial charge in [0.05, 0.1) is 38.8 Å². The Bertz CT molecular complexity index is 3840. The van der Waals surface area contributed by atoms with Crippen molar-refractivity contribution in [3.63, 3.8) is 0 Å². The number of fused-ring (bicyclic) bond motifs is 11. The lowest BCUT2D eigenvalue weighted by Crippen LogP contribution is -1.95. The summed E-state index contributed by atoms with van der Waals surface area (Å²) in [6, 6.07) is 82.2. The van der Waals surface area contributed by atoms with Crippen LogP contribution in [0.3, 0.4) is 0 Å². The first-order valence-corrected chi connectivity index (χ1v) is 21.0. The quantitative estimate of drug-likeness (QED) is 0.165. The highest BCUT2D eigenvalue weighted by Gasteiger charge is 2.22. The number of hydrogen-bond donors (Lipinski definition) is 0. The lowest BCUT2D eigenvalue weighted by atomic mass is 9.99. The standard InChI is InChI=1S/C58H37N3/c1-3-14-38(15-4-1)39-26-30-44(31-27-39)59-51-23-11-9-21-46(51)48-36-41(28-32-53(48)59)42-29-33-54-49(37-42)58-56(61(54)50-25-13-17-40-16-7-8-20-45(40)50)35-34-55-57(58)47-22-10-12-24-52(47)60(55)43-18-5-2-6-19-43/h1-37H. The van der Waals surface area contributed by atoms with E-state index in [4.69, 9.17) is 0 Å².